The first-order valence-electron chi connectivity index (χ1n) is 9.89. The van der Waals surface area contributed by atoms with E-state index in [4.69, 9.17) is 4.99 Å². The van der Waals surface area contributed by atoms with E-state index in [2.05, 4.69) is 6.21 Å². The van der Waals surface area contributed by atoms with Crippen LogP contribution in [0.15, 0.2) is 40.1 Å². The molecule has 2 fully saturated rings. The van der Waals surface area contributed by atoms with Crippen LogP contribution < -0.4 is 10.5 Å². The monoisotopic (exact) mass is 353 g/mol. The van der Waals surface area contributed by atoms with Crippen molar-refractivity contribution >= 4 is 11.9 Å². The van der Waals surface area contributed by atoms with E-state index in [1.54, 1.807) is 9.58 Å². The van der Waals surface area contributed by atoms with Crippen molar-refractivity contribution in [3.8, 4) is 5.69 Å². The third-order valence-corrected chi connectivity index (χ3v) is 6.26. The summed E-state index contributed by atoms with van der Waals surface area (Å²) in [5.41, 5.74) is 2.35. The van der Waals surface area contributed by atoms with Crippen LogP contribution in [0, 0.1) is 12.8 Å². The van der Waals surface area contributed by atoms with Crippen molar-refractivity contribution in [2.75, 3.05) is 13.1 Å². The fourth-order valence-corrected chi connectivity index (χ4v) is 4.75. The quantitative estimate of drug-likeness (QED) is 0.843. The van der Waals surface area contributed by atoms with Crippen molar-refractivity contribution in [2.24, 2.45) is 18.0 Å². The summed E-state index contributed by atoms with van der Waals surface area (Å²) in [6, 6.07) is 10.5. The van der Waals surface area contributed by atoms with Gasteiger partial charge in [-0.1, -0.05) is 18.2 Å². The Balaban J connectivity index is 1.64. The second-order valence-corrected chi connectivity index (χ2v) is 7.75. The Morgan fingerprint density at radius 2 is 1.88 bits per heavy atom. The summed E-state index contributed by atoms with van der Waals surface area (Å²) in [6.07, 6.45) is 8.56. The lowest BCUT2D eigenvalue weighted by atomic mass is 9.84. The van der Waals surface area contributed by atoms with Crippen molar-refractivity contribution < 1.29 is 4.90 Å². The van der Waals surface area contributed by atoms with E-state index in [0.29, 0.717) is 17.6 Å². The Kier molecular flexibility index (Phi) is 4.81. The molecule has 4 rings (SSSR count). The Hall–Kier alpha value is -2.14. The summed E-state index contributed by atoms with van der Waals surface area (Å²) in [5.74, 6) is 0.503. The predicted octanol–water partition coefficient (Wildman–Crippen LogP) is 2.03. The molecule has 1 N–H and O–H groups in total. The molecule has 26 heavy (non-hydrogen) atoms. The molecule has 2 aliphatic heterocycles. The molecule has 2 saturated heterocycles. The van der Waals surface area contributed by atoms with Crippen LogP contribution in [0.3, 0.4) is 0 Å². The summed E-state index contributed by atoms with van der Waals surface area (Å²) < 4.78 is 3.62. The molecule has 5 heteroatoms. The van der Waals surface area contributed by atoms with Gasteiger partial charge in [-0.05, 0) is 44.7 Å². The Labute approximate surface area is 154 Å². The number of fused-ring (bicyclic) bond motifs is 1. The van der Waals surface area contributed by atoms with Crippen molar-refractivity contribution in [1.82, 2.24) is 9.36 Å². The fraction of sp³-hybridized carbons (Fsp3) is 0.524. The topological polar surface area (TPSA) is 43.7 Å². The lowest BCUT2D eigenvalue weighted by Crippen LogP contribution is -3.18. The van der Waals surface area contributed by atoms with Gasteiger partial charge in [0.05, 0.1) is 30.5 Å². The van der Waals surface area contributed by atoms with Crippen molar-refractivity contribution in [3.05, 3.63) is 46.4 Å². The number of aliphatic imine (C=N–C) groups is 1. The van der Waals surface area contributed by atoms with Gasteiger partial charge < -0.3 is 4.90 Å². The van der Waals surface area contributed by atoms with Crippen LogP contribution in [0.5, 0.6) is 0 Å². The van der Waals surface area contributed by atoms with E-state index in [1.807, 2.05) is 49.0 Å². The second kappa shape index (κ2) is 7.23. The van der Waals surface area contributed by atoms with Crippen LogP contribution >= 0.6 is 0 Å². The fourth-order valence-electron chi connectivity index (χ4n) is 4.75. The maximum Gasteiger partial charge on any atom is 0.297 e. The number of quaternary nitrogens is 1. The van der Waals surface area contributed by atoms with Crippen LogP contribution in [0.2, 0.25) is 0 Å². The summed E-state index contributed by atoms with van der Waals surface area (Å²) in [4.78, 5) is 19.5. The summed E-state index contributed by atoms with van der Waals surface area (Å²) in [5, 5.41) is 0. The number of hydrogen-bond donors (Lipinski definition) is 1. The standard InChI is InChI=1S/C21H28N4O/c1-16-20(21(26)25(23(16)2)18-10-4-3-5-11-18)22-15-17-9-8-14-24-13-7-6-12-19(17)24/h3-5,10-11,15,17,19H,6-9,12-14H2,1-2H3/p+1/t17-,19-/m0/s1. The molecule has 0 radical (unpaired) electrons. The molecule has 0 aliphatic carbocycles. The third kappa shape index (κ3) is 3.05. The van der Waals surface area contributed by atoms with Gasteiger partial charge in [0, 0.05) is 25.6 Å². The van der Waals surface area contributed by atoms with Gasteiger partial charge in [-0.15, -0.1) is 0 Å². The SMILES string of the molecule is Cc1c(N=C[C@@H]2CCC[NH+]3CCCC[C@@H]23)c(=O)n(-c2ccccc2)n1C. The highest BCUT2D eigenvalue weighted by atomic mass is 16.1. The molecular formula is C21H29N4O+. The molecule has 0 spiro atoms. The number of hydrogen-bond acceptors (Lipinski definition) is 2. The van der Waals surface area contributed by atoms with E-state index < -0.39 is 0 Å². The van der Waals surface area contributed by atoms with Crippen LogP contribution in [0.1, 0.15) is 37.8 Å². The smallest absolute Gasteiger partial charge is 0.297 e. The highest BCUT2D eigenvalue weighted by Gasteiger charge is 2.35. The molecule has 0 amide bonds. The Bertz CT molecular complexity index is 847. The molecule has 0 saturated carbocycles. The van der Waals surface area contributed by atoms with Crippen molar-refractivity contribution in [2.45, 2.75) is 45.1 Å². The molecule has 2 aliphatic rings. The molecule has 2 aromatic rings. The van der Waals surface area contributed by atoms with Crippen LogP contribution in [0.4, 0.5) is 5.69 Å². The van der Waals surface area contributed by atoms with E-state index in [0.717, 1.165) is 11.4 Å². The molecule has 0 bridgehead atoms. The highest BCUT2D eigenvalue weighted by Crippen LogP contribution is 2.21. The first-order valence-corrected chi connectivity index (χ1v) is 9.89. The molecule has 1 aromatic heterocycles. The van der Waals surface area contributed by atoms with E-state index in [-0.39, 0.29) is 5.56 Å². The maximum absolute atomic E-state index is 13.0. The highest BCUT2D eigenvalue weighted by molar-refractivity contribution is 5.67. The van der Waals surface area contributed by atoms with Gasteiger partial charge in [0.25, 0.3) is 5.56 Å². The van der Waals surface area contributed by atoms with Crippen LogP contribution in [-0.4, -0.2) is 34.7 Å². The van der Waals surface area contributed by atoms with Gasteiger partial charge in [-0.25, -0.2) is 4.68 Å². The van der Waals surface area contributed by atoms with Gasteiger partial charge in [-0.2, -0.15) is 0 Å². The summed E-state index contributed by atoms with van der Waals surface area (Å²) in [7, 11) is 1.93. The van der Waals surface area contributed by atoms with E-state index >= 15 is 0 Å². The molecule has 5 nitrogen and oxygen atoms in total. The number of nitrogens with one attached hydrogen (secondary N) is 1. The van der Waals surface area contributed by atoms with Crippen molar-refractivity contribution in [1.29, 1.82) is 0 Å². The molecule has 3 heterocycles. The lowest BCUT2D eigenvalue weighted by Gasteiger charge is -2.39. The first kappa shape index (κ1) is 17.3. The van der Waals surface area contributed by atoms with Crippen LogP contribution in [-0.2, 0) is 7.05 Å². The number of piperidine rings is 2. The number of benzene rings is 1. The number of aromatic nitrogens is 2. The zero-order valence-corrected chi connectivity index (χ0v) is 15.8. The normalized spacial score (nSPS) is 26.2. The third-order valence-electron chi connectivity index (χ3n) is 6.26. The summed E-state index contributed by atoms with van der Waals surface area (Å²) in [6.45, 7) is 4.59. The lowest BCUT2D eigenvalue weighted by molar-refractivity contribution is -0.938. The van der Waals surface area contributed by atoms with Gasteiger partial charge >= 0.3 is 0 Å². The minimum Gasteiger partial charge on any atom is -0.332 e. The van der Waals surface area contributed by atoms with Gasteiger partial charge in [-0.3, -0.25) is 14.5 Å². The van der Waals surface area contributed by atoms with E-state index in [9.17, 15) is 4.79 Å². The largest absolute Gasteiger partial charge is 0.332 e. The van der Waals surface area contributed by atoms with E-state index in [1.165, 1.54) is 45.2 Å². The van der Waals surface area contributed by atoms with Crippen molar-refractivity contribution in [3.63, 3.8) is 0 Å². The van der Waals surface area contributed by atoms with Gasteiger partial charge in [0.15, 0.2) is 5.69 Å². The zero-order valence-electron chi connectivity index (χ0n) is 15.8. The average molecular weight is 353 g/mol. The Morgan fingerprint density at radius 3 is 2.69 bits per heavy atom. The van der Waals surface area contributed by atoms with Gasteiger partial charge in [0.1, 0.15) is 0 Å². The molecule has 3 atom stereocenters. The molecular weight excluding hydrogens is 324 g/mol. The zero-order chi connectivity index (χ0) is 18.1. The minimum atomic E-state index is -0.0314. The maximum atomic E-state index is 13.0. The first-order chi connectivity index (χ1) is 12.7. The predicted molar refractivity (Wildman–Crippen MR) is 105 cm³/mol. The number of nitrogens with zero attached hydrogens (tertiary/aromatic N) is 3. The molecule has 138 valence electrons. The molecule has 1 unspecified atom stereocenters. The van der Waals surface area contributed by atoms with Crippen LogP contribution in [0.25, 0.3) is 5.69 Å². The average Bonchev–Trinajstić information content (AvgIpc) is 2.89. The second-order valence-electron chi connectivity index (χ2n) is 7.75. The molecule has 1 aromatic carbocycles. The number of rotatable bonds is 3. The summed E-state index contributed by atoms with van der Waals surface area (Å²) >= 11 is 0. The number of para-hydroxylation sites is 1. The Morgan fingerprint density at radius 1 is 1.12 bits per heavy atom. The minimum absolute atomic E-state index is 0.0314. The van der Waals surface area contributed by atoms with Gasteiger partial charge in [0.2, 0.25) is 0 Å².